The molecule has 0 aliphatic heterocycles. The maximum absolute atomic E-state index is 12.1. The van der Waals surface area contributed by atoms with Crippen molar-refractivity contribution in [2.24, 2.45) is 5.92 Å². The number of aryl methyl sites for hydroxylation is 1. The number of nitrogens with zero attached hydrogens (tertiary/aromatic N) is 4. The Hall–Kier alpha value is -2.28. The van der Waals surface area contributed by atoms with Crippen molar-refractivity contribution in [3.8, 4) is 5.69 Å². The highest BCUT2D eigenvalue weighted by molar-refractivity contribution is 5.93. The first kappa shape index (κ1) is 13.7. The first-order valence-corrected chi connectivity index (χ1v) is 6.98. The van der Waals surface area contributed by atoms with E-state index in [2.05, 4.69) is 20.8 Å². The van der Waals surface area contributed by atoms with Crippen LogP contribution in [0.3, 0.4) is 0 Å². The zero-order valence-electron chi connectivity index (χ0n) is 11.7. The standard InChI is InChI=1S/C14H17N5O2/c1-9-7-10(5-6-12(9)19-8-15-17-18-19)16-14(21)11-3-2-4-13(11)20/h5-8,11,13,20H,2-4H2,1H3,(H,16,21). The number of aromatic nitrogens is 4. The van der Waals surface area contributed by atoms with Gasteiger partial charge < -0.3 is 10.4 Å². The molecule has 1 heterocycles. The molecule has 0 spiro atoms. The molecule has 1 saturated carbocycles. The molecule has 1 aromatic heterocycles. The lowest BCUT2D eigenvalue weighted by Crippen LogP contribution is -2.28. The van der Waals surface area contributed by atoms with E-state index >= 15 is 0 Å². The molecule has 2 unspecified atom stereocenters. The van der Waals surface area contributed by atoms with Gasteiger partial charge in [-0.1, -0.05) is 0 Å². The Balaban J connectivity index is 1.75. The lowest BCUT2D eigenvalue weighted by Gasteiger charge is -2.15. The van der Waals surface area contributed by atoms with E-state index in [1.807, 2.05) is 25.1 Å². The lowest BCUT2D eigenvalue weighted by molar-refractivity contribution is -0.122. The number of anilines is 1. The van der Waals surface area contributed by atoms with Crippen molar-refractivity contribution < 1.29 is 9.90 Å². The van der Waals surface area contributed by atoms with Crippen molar-refractivity contribution in [3.63, 3.8) is 0 Å². The summed E-state index contributed by atoms with van der Waals surface area (Å²) < 4.78 is 1.57. The van der Waals surface area contributed by atoms with Gasteiger partial charge in [0, 0.05) is 5.69 Å². The van der Waals surface area contributed by atoms with E-state index in [9.17, 15) is 9.90 Å². The van der Waals surface area contributed by atoms with Crippen LogP contribution in [-0.4, -0.2) is 37.3 Å². The molecule has 1 aromatic carbocycles. The Kier molecular flexibility index (Phi) is 3.66. The first-order valence-electron chi connectivity index (χ1n) is 6.98. The number of benzene rings is 1. The van der Waals surface area contributed by atoms with E-state index in [4.69, 9.17) is 0 Å². The van der Waals surface area contributed by atoms with Gasteiger partial charge in [0.1, 0.15) is 6.33 Å². The van der Waals surface area contributed by atoms with Crippen LogP contribution in [0, 0.1) is 12.8 Å². The van der Waals surface area contributed by atoms with E-state index in [0.29, 0.717) is 12.1 Å². The van der Waals surface area contributed by atoms with Crippen LogP contribution >= 0.6 is 0 Å². The van der Waals surface area contributed by atoms with Gasteiger partial charge in [0.25, 0.3) is 0 Å². The minimum Gasteiger partial charge on any atom is -0.392 e. The van der Waals surface area contributed by atoms with Crippen LogP contribution < -0.4 is 5.32 Å². The number of aliphatic hydroxyl groups is 1. The van der Waals surface area contributed by atoms with Gasteiger partial charge in [-0.15, -0.1) is 5.10 Å². The summed E-state index contributed by atoms with van der Waals surface area (Å²) in [5.41, 5.74) is 2.53. The minimum absolute atomic E-state index is 0.116. The van der Waals surface area contributed by atoms with Crippen molar-refractivity contribution in [2.45, 2.75) is 32.3 Å². The van der Waals surface area contributed by atoms with E-state index < -0.39 is 6.10 Å². The van der Waals surface area contributed by atoms with E-state index in [0.717, 1.165) is 24.1 Å². The highest BCUT2D eigenvalue weighted by Crippen LogP contribution is 2.27. The van der Waals surface area contributed by atoms with Gasteiger partial charge in [-0.3, -0.25) is 4.79 Å². The van der Waals surface area contributed by atoms with Crippen LogP contribution in [0.1, 0.15) is 24.8 Å². The molecular formula is C14H17N5O2. The molecule has 2 aromatic rings. The molecule has 0 bridgehead atoms. The quantitative estimate of drug-likeness (QED) is 0.881. The smallest absolute Gasteiger partial charge is 0.230 e. The zero-order valence-corrected chi connectivity index (χ0v) is 11.7. The van der Waals surface area contributed by atoms with Crippen molar-refractivity contribution in [3.05, 3.63) is 30.1 Å². The maximum atomic E-state index is 12.1. The number of amides is 1. The second kappa shape index (κ2) is 5.61. The number of carbonyl (C=O) groups is 1. The van der Waals surface area contributed by atoms with Crippen molar-refractivity contribution in [1.82, 2.24) is 20.2 Å². The third-order valence-corrected chi connectivity index (χ3v) is 3.88. The summed E-state index contributed by atoms with van der Waals surface area (Å²) in [5.74, 6) is -0.418. The van der Waals surface area contributed by atoms with Crippen molar-refractivity contribution in [2.75, 3.05) is 5.32 Å². The van der Waals surface area contributed by atoms with Crippen LogP contribution in [0.2, 0.25) is 0 Å². The zero-order chi connectivity index (χ0) is 14.8. The number of hydrogen-bond donors (Lipinski definition) is 2. The third kappa shape index (κ3) is 2.78. The molecule has 1 fully saturated rings. The summed E-state index contributed by atoms with van der Waals surface area (Å²) >= 11 is 0. The van der Waals surface area contributed by atoms with E-state index in [1.165, 1.54) is 6.33 Å². The summed E-state index contributed by atoms with van der Waals surface area (Å²) in [5, 5.41) is 23.7. The van der Waals surface area contributed by atoms with Gasteiger partial charge in [-0.25, -0.2) is 4.68 Å². The summed E-state index contributed by atoms with van der Waals surface area (Å²) in [6.45, 7) is 1.93. The van der Waals surface area contributed by atoms with Crippen LogP contribution in [0.4, 0.5) is 5.69 Å². The summed E-state index contributed by atoms with van der Waals surface area (Å²) in [6, 6.07) is 5.53. The molecule has 7 heteroatoms. The largest absolute Gasteiger partial charge is 0.392 e. The van der Waals surface area contributed by atoms with E-state index in [-0.39, 0.29) is 11.8 Å². The molecule has 1 aliphatic carbocycles. The topological polar surface area (TPSA) is 92.9 Å². The van der Waals surface area contributed by atoms with Gasteiger partial charge in [0.15, 0.2) is 0 Å². The average Bonchev–Trinajstić information content (AvgIpc) is 3.10. The molecule has 7 nitrogen and oxygen atoms in total. The fourth-order valence-electron chi connectivity index (χ4n) is 2.74. The fraction of sp³-hybridized carbons (Fsp3) is 0.429. The van der Waals surface area contributed by atoms with Crippen LogP contribution in [0.15, 0.2) is 24.5 Å². The normalized spacial score (nSPS) is 21.4. The Bertz CT molecular complexity index is 641. The van der Waals surface area contributed by atoms with Crippen molar-refractivity contribution in [1.29, 1.82) is 0 Å². The summed E-state index contributed by atoms with van der Waals surface area (Å²) in [6.07, 6.45) is 3.35. The lowest BCUT2D eigenvalue weighted by atomic mass is 10.0. The van der Waals surface area contributed by atoms with Gasteiger partial charge in [0.05, 0.1) is 17.7 Å². The molecule has 110 valence electrons. The molecular weight excluding hydrogens is 270 g/mol. The molecule has 2 N–H and O–H groups in total. The van der Waals surface area contributed by atoms with Gasteiger partial charge >= 0.3 is 0 Å². The Morgan fingerprint density at radius 1 is 1.43 bits per heavy atom. The fourth-order valence-corrected chi connectivity index (χ4v) is 2.74. The van der Waals surface area contributed by atoms with Gasteiger partial charge in [0.2, 0.25) is 5.91 Å². The van der Waals surface area contributed by atoms with Crippen molar-refractivity contribution >= 4 is 11.6 Å². The number of hydrogen-bond acceptors (Lipinski definition) is 5. The number of carbonyl (C=O) groups excluding carboxylic acids is 1. The third-order valence-electron chi connectivity index (χ3n) is 3.88. The second-order valence-electron chi connectivity index (χ2n) is 5.35. The summed E-state index contributed by atoms with van der Waals surface area (Å²) in [4.78, 5) is 12.1. The highest BCUT2D eigenvalue weighted by Gasteiger charge is 2.31. The molecule has 0 saturated heterocycles. The Labute approximate surface area is 122 Å². The maximum Gasteiger partial charge on any atom is 0.230 e. The van der Waals surface area contributed by atoms with Gasteiger partial charge in [-0.05, 0) is 60.4 Å². The number of aliphatic hydroxyl groups excluding tert-OH is 1. The van der Waals surface area contributed by atoms with Gasteiger partial charge in [-0.2, -0.15) is 0 Å². The predicted molar refractivity (Wildman–Crippen MR) is 75.9 cm³/mol. The molecule has 2 atom stereocenters. The monoisotopic (exact) mass is 287 g/mol. The van der Waals surface area contributed by atoms with Crippen LogP contribution in [0.5, 0.6) is 0 Å². The number of rotatable bonds is 3. The predicted octanol–water partition coefficient (Wildman–Crippen LogP) is 1.07. The van der Waals surface area contributed by atoms with Crippen LogP contribution in [0.25, 0.3) is 5.69 Å². The molecule has 1 aliphatic rings. The molecule has 3 rings (SSSR count). The molecule has 21 heavy (non-hydrogen) atoms. The Morgan fingerprint density at radius 2 is 2.29 bits per heavy atom. The number of tetrazole rings is 1. The highest BCUT2D eigenvalue weighted by atomic mass is 16.3. The molecule has 0 radical (unpaired) electrons. The average molecular weight is 287 g/mol. The second-order valence-corrected chi connectivity index (χ2v) is 5.35. The summed E-state index contributed by atoms with van der Waals surface area (Å²) in [7, 11) is 0. The minimum atomic E-state index is -0.522. The Morgan fingerprint density at radius 3 is 2.90 bits per heavy atom. The number of nitrogens with one attached hydrogen (secondary N) is 1. The van der Waals surface area contributed by atoms with Crippen LogP contribution in [-0.2, 0) is 4.79 Å². The van der Waals surface area contributed by atoms with E-state index in [1.54, 1.807) is 4.68 Å². The SMILES string of the molecule is Cc1cc(NC(=O)C2CCCC2O)ccc1-n1cnnn1. The molecule has 1 amide bonds. The first-order chi connectivity index (χ1) is 10.1.